The predicted octanol–water partition coefficient (Wildman–Crippen LogP) is 0.838. The van der Waals surface area contributed by atoms with Crippen LogP contribution in [-0.2, 0) is 4.74 Å². The summed E-state index contributed by atoms with van der Waals surface area (Å²) in [6.45, 7) is 7.14. The Labute approximate surface area is 102 Å². The summed E-state index contributed by atoms with van der Waals surface area (Å²) in [6.07, 6.45) is 3.53. The zero-order chi connectivity index (χ0) is 12.1. The first kappa shape index (κ1) is 12.0. The van der Waals surface area contributed by atoms with Gasteiger partial charge in [0.2, 0.25) is 0 Å². The van der Waals surface area contributed by atoms with E-state index in [-0.39, 0.29) is 0 Å². The van der Waals surface area contributed by atoms with Crippen LogP contribution in [0.25, 0.3) is 0 Å². The molecule has 1 unspecified atom stereocenters. The minimum Gasteiger partial charge on any atom is -0.383 e. The van der Waals surface area contributed by atoms with Crippen LogP contribution in [0, 0.1) is 0 Å². The van der Waals surface area contributed by atoms with Crippen LogP contribution in [0.4, 0.5) is 11.4 Å². The summed E-state index contributed by atoms with van der Waals surface area (Å²) in [4.78, 5) is 10.4. The van der Waals surface area contributed by atoms with Crippen LogP contribution in [0.3, 0.4) is 0 Å². The van der Waals surface area contributed by atoms with E-state index in [1.807, 2.05) is 6.07 Å². The van der Waals surface area contributed by atoms with Crippen molar-refractivity contribution in [1.82, 2.24) is 10.3 Å². The second-order valence-electron chi connectivity index (χ2n) is 4.07. The van der Waals surface area contributed by atoms with Crippen LogP contribution in [0.1, 0.15) is 0 Å². The predicted molar refractivity (Wildman–Crippen MR) is 69.3 cm³/mol. The number of nitrogens with one attached hydrogen (secondary N) is 1. The average Bonchev–Trinajstić information content (AvgIpc) is 2.39. The minimum absolute atomic E-state index is 0.361. The number of hydrogen-bond acceptors (Lipinski definition) is 5. The molecule has 0 bridgehead atoms. The van der Waals surface area contributed by atoms with Crippen LogP contribution >= 0.6 is 0 Å². The second kappa shape index (κ2) is 5.75. The van der Waals surface area contributed by atoms with Gasteiger partial charge in [0, 0.05) is 39.0 Å². The van der Waals surface area contributed by atoms with Gasteiger partial charge in [-0.1, -0.05) is 0 Å². The molecular weight excluding hydrogens is 216 g/mol. The largest absolute Gasteiger partial charge is 0.383 e. The Hall–Kier alpha value is -1.46. The maximum Gasteiger partial charge on any atom is 0.104 e. The van der Waals surface area contributed by atoms with Crippen molar-refractivity contribution < 1.29 is 4.74 Å². The van der Waals surface area contributed by atoms with Gasteiger partial charge < -0.3 is 15.0 Å². The molecule has 5 nitrogen and oxygen atoms in total. The molecule has 0 amide bonds. The summed E-state index contributed by atoms with van der Waals surface area (Å²) in [5.41, 5.74) is 1.93. The number of aromatic nitrogens is 1. The molecule has 0 radical (unpaired) electrons. The van der Waals surface area contributed by atoms with Crippen molar-refractivity contribution in [2.45, 2.75) is 6.04 Å². The lowest BCUT2D eigenvalue weighted by Gasteiger charge is -2.35. The normalized spacial score (nSPS) is 20.3. The molecule has 1 atom stereocenters. The molecular formula is C12H18N4O. The van der Waals surface area contributed by atoms with E-state index in [0.717, 1.165) is 37.6 Å². The number of piperazine rings is 1. The van der Waals surface area contributed by atoms with Gasteiger partial charge in [-0.3, -0.25) is 9.98 Å². The van der Waals surface area contributed by atoms with Gasteiger partial charge >= 0.3 is 0 Å². The van der Waals surface area contributed by atoms with E-state index in [2.05, 4.69) is 26.9 Å². The second-order valence-corrected chi connectivity index (χ2v) is 4.07. The summed E-state index contributed by atoms with van der Waals surface area (Å²) in [7, 11) is 1.73. The third-order valence-electron chi connectivity index (χ3n) is 2.91. The molecule has 1 aliphatic heterocycles. The number of ether oxygens (including phenoxy) is 1. The lowest BCUT2D eigenvalue weighted by Crippen LogP contribution is -2.52. The highest BCUT2D eigenvalue weighted by molar-refractivity contribution is 5.67. The van der Waals surface area contributed by atoms with Gasteiger partial charge in [-0.2, -0.15) is 0 Å². The van der Waals surface area contributed by atoms with Crippen LogP contribution in [0.5, 0.6) is 0 Å². The number of pyridine rings is 1. The van der Waals surface area contributed by atoms with E-state index in [0.29, 0.717) is 6.04 Å². The Morgan fingerprint density at radius 2 is 2.59 bits per heavy atom. The molecule has 0 aliphatic carbocycles. The van der Waals surface area contributed by atoms with Crippen molar-refractivity contribution in [3.63, 3.8) is 0 Å². The van der Waals surface area contributed by atoms with E-state index in [4.69, 9.17) is 4.74 Å². The average molecular weight is 234 g/mol. The molecule has 0 saturated carbocycles. The van der Waals surface area contributed by atoms with Gasteiger partial charge in [-0.15, -0.1) is 0 Å². The molecule has 2 heterocycles. The fraction of sp³-hybridized carbons (Fsp3) is 0.500. The lowest BCUT2D eigenvalue weighted by molar-refractivity contribution is 0.163. The summed E-state index contributed by atoms with van der Waals surface area (Å²) >= 11 is 0. The Morgan fingerprint density at radius 3 is 3.35 bits per heavy atom. The topological polar surface area (TPSA) is 49.8 Å². The van der Waals surface area contributed by atoms with E-state index in [1.165, 1.54) is 0 Å². The SMILES string of the molecule is C=Nc1cnccc1N1CCNC(COC)C1. The quantitative estimate of drug-likeness (QED) is 0.784. The van der Waals surface area contributed by atoms with Crippen molar-refractivity contribution >= 4 is 18.1 Å². The Balaban J connectivity index is 2.13. The number of anilines is 1. The van der Waals surface area contributed by atoms with Crippen molar-refractivity contribution in [3.8, 4) is 0 Å². The lowest BCUT2D eigenvalue weighted by atomic mass is 10.2. The smallest absolute Gasteiger partial charge is 0.104 e. The van der Waals surface area contributed by atoms with Crippen molar-refractivity contribution in [2.24, 2.45) is 4.99 Å². The number of aliphatic imine (C=N–C) groups is 1. The zero-order valence-corrected chi connectivity index (χ0v) is 10.1. The van der Waals surface area contributed by atoms with E-state index < -0.39 is 0 Å². The van der Waals surface area contributed by atoms with Crippen LogP contribution < -0.4 is 10.2 Å². The highest BCUT2D eigenvalue weighted by Gasteiger charge is 2.20. The fourth-order valence-electron chi connectivity index (χ4n) is 2.13. The van der Waals surface area contributed by atoms with Gasteiger partial charge in [0.25, 0.3) is 0 Å². The van der Waals surface area contributed by atoms with E-state index >= 15 is 0 Å². The first-order valence-electron chi connectivity index (χ1n) is 5.73. The van der Waals surface area contributed by atoms with Crippen molar-refractivity contribution in [1.29, 1.82) is 0 Å². The van der Waals surface area contributed by atoms with Gasteiger partial charge in [-0.05, 0) is 12.8 Å². The van der Waals surface area contributed by atoms with Gasteiger partial charge in [0.05, 0.1) is 18.5 Å². The Kier molecular flexibility index (Phi) is 4.06. The minimum atomic E-state index is 0.361. The van der Waals surface area contributed by atoms with E-state index in [9.17, 15) is 0 Å². The first-order valence-corrected chi connectivity index (χ1v) is 5.73. The molecule has 92 valence electrons. The number of rotatable bonds is 4. The maximum atomic E-state index is 5.18. The molecule has 1 aromatic rings. The number of nitrogens with zero attached hydrogens (tertiary/aromatic N) is 3. The maximum absolute atomic E-state index is 5.18. The number of methoxy groups -OCH3 is 1. The third kappa shape index (κ3) is 2.81. The van der Waals surface area contributed by atoms with Crippen molar-refractivity contribution in [2.75, 3.05) is 38.3 Å². The summed E-state index contributed by atoms with van der Waals surface area (Å²) in [5.74, 6) is 0. The summed E-state index contributed by atoms with van der Waals surface area (Å²) in [5, 5.41) is 3.43. The van der Waals surface area contributed by atoms with Gasteiger partial charge in [0.1, 0.15) is 5.69 Å². The third-order valence-corrected chi connectivity index (χ3v) is 2.91. The molecule has 1 aliphatic rings. The standard InChI is InChI=1S/C12H18N4O/c1-13-11-7-14-4-3-12(11)16-6-5-15-10(8-16)9-17-2/h3-4,7,10,15H,1,5-6,8-9H2,2H3. The summed E-state index contributed by atoms with van der Waals surface area (Å²) in [6, 6.07) is 2.35. The number of hydrogen-bond donors (Lipinski definition) is 1. The molecule has 1 saturated heterocycles. The molecule has 1 aromatic heterocycles. The molecule has 5 heteroatoms. The van der Waals surface area contributed by atoms with Gasteiger partial charge in [-0.25, -0.2) is 0 Å². The summed E-state index contributed by atoms with van der Waals surface area (Å²) < 4.78 is 5.18. The molecule has 2 rings (SSSR count). The van der Waals surface area contributed by atoms with Crippen LogP contribution in [-0.4, -0.2) is 51.1 Å². The van der Waals surface area contributed by atoms with Crippen molar-refractivity contribution in [3.05, 3.63) is 18.5 Å². The molecule has 0 spiro atoms. The zero-order valence-electron chi connectivity index (χ0n) is 10.1. The van der Waals surface area contributed by atoms with Gasteiger partial charge in [0.15, 0.2) is 0 Å². The molecule has 17 heavy (non-hydrogen) atoms. The monoisotopic (exact) mass is 234 g/mol. The first-order chi connectivity index (χ1) is 8.35. The fourth-order valence-corrected chi connectivity index (χ4v) is 2.13. The Bertz CT molecular complexity index is 381. The highest BCUT2D eigenvalue weighted by Crippen LogP contribution is 2.27. The van der Waals surface area contributed by atoms with Crippen LogP contribution in [0.15, 0.2) is 23.5 Å². The molecule has 1 N–H and O–H groups in total. The molecule has 1 fully saturated rings. The highest BCUT2D eigenvalue weighted by atomic mass is 16.5. The van der Waals surface area contributed by atoms with E-state index in [1.54, 1.807) is 19.5 Å². The Morgan fingerprint density at radius 1 is 1.71 bits per heavy atom. The van der Waals surface area contributed by atoms with Crippen LogP contribution in [0.2, 0.25) is 0 Å². The molecule has 0 aromatic carbocycles.